The van der Waals surface area contributed by atoms with Crippen LogP contribution in [0.1, 0.15) is 6.92 Å². The summed E-state index contributed by atoms with van der Waals surface area (Å²) in [4.78, 5) is 6.74. The molecule has 4 heteroatoms. The highest BCUT2D eigenvalue weighted by Crippen LogP contribution is 2.31. The number of hydrogen-bond donors (Lipinski definition) is 0. The molecule has 0 spiro atoms. The van der Waals surface area contributed by atoms with E-state index in [1.54, 1.807) is 0 Å². The van der Waals surface area contributed by atoms with E-state index in [4.69, 9.17) is 4.74 Å². The van der Waals surface area contributed by atoms with Crippen molar-refractivity contribution in [3.8, 4) is 0 Å². The standard InChI is InChI=1S/C14H17N3O/c1-10-7-18-8-11(2)17(10)13-6-4-5-12-14(13)15-9-16(12)3/h4-6,9,11H,1,7-8H2,2-3H3/t11-/m0/s1. The third-order valence-corrected chi connectivity index (χ3v) is 3.40. The topological polar surface area (TPSA) is 30.3 Å². The van der Waals surface area contributed by atoms with Crippen LogP contribution in [-0.2, 0) is 11.8 Å². The molecule has 3 rings (SSSR count). The van der Waals surface area contributed by atoms with Gasteiger partial charge in [0.1, 0.15) is 5.52 Å². The first-order valence-electron chi connectivity index (χ1n) is 6.13. The molecule has 0 aliphatic carbocycles. The normalized spacial score (nSPS) is 20.7. The van der Waals surface area contributed by atoms with Crippen molar-refractivity contribution < 1.29 is 4.74 Å². The van der Waals surface area contributed by atoms with Crippen molar-refractivity contribution in [3.63, 3.8) is 0 Å². The number of rotatable bonds is 1. The van der Waals surface area contributed by atoms with Crippen molar-refractivity contribution in [3.05, 3.63) is 36.8 Å². The first-order valence-corrected chi connectivity index (χ1v) is 6.13. The zero-order chi connectivity index (χ0) is 12.7. The number of aryl methyl sites for hydroxylation is 1. The fraction of sp³-hybridized carbons (Fsp3) is 0.357. The number of aromatic nitrogens is 2. The van der Waals surface area contributed by atoms with Crippen LogP contribution >= 0.6 is 0 Å². The predicted octanol–water partition coefficient (Wildman–Crippen LogP) is 2.31. The summed E-state index contributed by atoms with van der Waals surface area (Å²) in [6.45, 7) is 7.56. The second kappa shape index (κ2) is 4.14. The molecule has 1 aliphatic heterocycles. The fourth-order valence-electron chi connectivity index (χ4n) is 2.55. The van der Waals surface area contributed by atoms with Crippen LogP contribution in [0.5, 0.6) is 0 Å². The van der Waals surface area contributed by atoms with Crippen molar-refractivity contribution in [2.75, 3.05) is 18.1 Å². The minimum Gasteiger partial charge on any atom is -0.373 e. The van der Waals surface area contributed by atoms with Gasteiger partial charge in [0.2, 0.25) is 0 Å². The number of nitrogens with zero attached hydrogens (tertiary/aromatic N) is 3. The van der Waals surface area contributed by atoms with Crippen LogP contribution in [0, 0.1) is 0 Å². The zero-order valence-corrected chi connectivity index (χ0v) is 10.8. The van der Waals surface area contributed by atoms with Crippen molar-refractivity contribution in [2.45, 2.75) is 13.0 Å². The van der Waals surface area contributed by atoms with Gasteiger partial charge < -0.3 is 14.2 Å². The van der Waals surface area contributed by atoms with Gasteiger partial charge in [-0.2, -0.15) is 0 Å². The van der Waals surface area contributed by atoms with E-state index in [9.17, 15) is 0 Å². The summed E-state index contributed by atoms with van der Waals surface area (Å²) in [5.74, 6) is 0. The van der Waals surface area contributed by atoms with Crippen LogP contribution in [0.4, 0.5) is 5.69 Å². The molecule has 1 fully saturated rings. The van der Waals surface area contributed by atoms with Gasteiger partial charge in [-0.1, -0.05) is 12.6 Å². The molecule has 0 unspecified atom stereocenters. The van der Waals surface area contributed by atoms with Gasteiger partial charge in [0, 0.05) is 12.7 Å². The number of hydrogen-bond acceptors (Lipinski definition) is 3. The van der Waals surface area contributed by atoms with E-state index in [1.807, 2.05) is 17.9 Å². The number of ether oxygens (including phenoxy) is 1. The van der Waals surface area contributed by atoms with Gasteiger partial charge in [-0.05, 0) is 19.1 Å². The molecule has 0 saturated carbocycles. The molecule has 0 N–H and O–H groups in total. The molecule has 2 aromatic rings. The van der Waals surface area contributed by atoms with E-state index in [0.29, 0.717) is 12.6 Å². The number of fused-ring (bicyclic) bond motifs is 1. The molecule has 2 heterocycles. The smallest absolute Gasteiger partial charge is 0.112 e. The molecule has 1 aliphatic rings. The molecule has 1 saturated heterocycles. The summed E-state index contributed by atoms with van der Waals surface area (Å²) in [5.41, 5.74) is 4.27. The molecule has 18 heavy (non-hydrogen) atoms. The second-order valence-electron chi connectivity index (χ2n) is 4.80. The Bertz CT molecular complexity index is 602. The first-order chi connectivity index (χ1) is 8.68. The fourth-order valence-corrected chi connectivity index (χ4v) is 2.55. The van der Waals surface area contributed by atoms with E-state index in [2.05, 4.69) is 41.6 Å². The quantitative estimate of drug-likeness (QED) is 0.770. The number of anilines is 1. The third kappa shape index (κ3) is 1.61. The van der Waals surface area contributed by atoms with E-state index < -0.39 is 0 Å². The Morgan fingerprint density at radius 3 is 3.06 bits per heavy atom. The van der Waals surface area contributed by atoms with Gasteiger partial charge in [-0.3, -0.25) is 0 Å². The molecule has 1 aromatic heterocycles. The summed E-state index contributed by atoms with van der Waals surface area (Å²) in [7, 11) is 2.01. The zero-order valence-electron chi connectivity index (χ0n) is 10.8. The van der Waals surface area contributed by atoms with Gasteiger partial charge in [0.05, 0.1) is 36.8 Å². The number of morpholine rings is 1. The van der Waals surface area contributed by atoms with E-state index >= 15 is 0 Å². The van der Waals surface area contributed by atoms with Crippen LogP contribution in [0.15, 0.2) is 36.8 Å². The van der Waals surface area contributed by atoms with Crippen LogP contribution in [0.2, 0.25) is 0 Å². The number of para-hydroxylation sites is 1. The van der Waals surface area contributed by atoms with Crippen LogP contribution in [0.3, 0.4) is 0 Å². The highest BCUT2D eigenvalue weighted by atomic mass is 16.5. The molecule has 0 amide bonds. The van der Waals surface area contributed by atoms with Crippen molar-refractivity contribution in [2.24, 2.45) is 7.05 Å². The van der Waals surface area contributed by atoms with Crippen LogP contribution in [0.25, 0.3) is 11.0 Å². The van der Waals surface area contributed by atoms with Gasteiger partial charge >= 0.3 is 0 Å². The van der Waals surface area contributed by atoms with Gasteiger partial charge in [-0.15, -0.1) is 0 Å². The van der Waals surface area contributed by atoms with Gasteiger partial charge in [-0.25, -0.2) is 4.98 Å². The van der Waals surface area contributed by atoms with Crippen molar-refractivity contribution in [1.29, 1.82) is 0 Å². The van der Waals surface area contributed by atoms with Crippen LogP contribution < -0.4 is 4.90 Å². The molecule has 1 aromatic carbocycles. The third-order valence-electron chi connectivity index (χ3n) is 3.40. The molecule has 94 valence electrons. The Morgan fingerprint density at radius 1 is 1.44 bits per heavy atom. The summed E-state index contributed by atoms with van der Waals surface area (Å²) in [6.07, 6.45) is 1.85. The SMILES string of the molecule is C=C1COC[C@H](C)N1c1cccc2c1ncn2C. The van der Waals surface area contributed by atoms with Crippen molar-refractivity contribution in [1.82, 2.24) is 9.55 Å². The second-order valence-corrected chi connectivity index (χ2v) is 4.80. The molecular formula is C14H17N3O. The predicted molar refractivity (Wildman–Crippen MR) is 72.6 cm³/mol. The van der Waals surface area contributed by atoms with Crippen molar-refractivity contribution >= 4 is 16.7 Å². The summed E-state index contributed by atoms with van der Waals surface area (Å²) in [5, 5.41) is 0. The highest BCUT2D eigenvalue weighted by molar-refractivity contribution is 5.90. The monoisotopic (exact) mass is 243 g/mol. The summed E-state index contributed by atoms with van der Waals surface area (Å²) >= 11 is 0. The van der Waals surface area contributed by atoms with E-state index in [0.717, 1.165) is 29.0 Å². The number of benzene rings is 1. The molecule has 1 atom stereocenters. The lowest BCUT2D eigenvalue weighted by molar-refractivity contribution is 0.120. The highest BCUT2D eigenvalue weighted by Gasteiger charge is 2.24. The van der Waals surface area contributed by atoms with E-state index in [1.165, 1.54) is 0 Å². The van der Waals surface area contributed by atoms with Gasteiger partial charge in [0.25, 0.3) is 0 Å². The lowest BCUT2D eigenvalue weighted by Crippen LogP contribution is -2.41. The first kappa shape index (κ1) is 11.3. The maximum absolute atomic E-state index is 5.50. The molecular weight excluding hydrogens is 226 g/mol. The Hall–Kier alpha value is -1.81. The molecule has 4 nitrogen and oxygen atoms in total. The van der Waals surface area contributed by atoms with E-state index in [-0.39, 0.29) is 0 Å². The van der Waals surface area contributed by atoms with Gasteiger partial charge in [0.15, 0.2) is 0 Å². The molecule has 0 radical (unpaired) electrons. The minimum absolute atomic E-state index is 0.291. The maximum Gasteiger partial charge on any atom is 0.112 e. The average molecular weight is 243 g/mol. The number of imidazole rings is 1. The Morgan fingerprint density at radius 2 is 2.28 bits per heavy atom. The summed E-state index contributed by atoms with van der Waals surface area (Å²) in [6, 6.07) is 6.54. The summed E-state index contributed by atoms with van der Waals surface area (Å²) < 4.78 is 7.53. The molecule has 0 bridgehead atoms. The lowest BCUT2D eigenvalue weighted by atomic mass is 10.1. The maximum atomic E-state index is 5.50. The minimum atomic E-state index is 0.291. The lowest BCUT2D eigenvalue weighted by Gasteiger charge is -2.36. The Kier molecular flexibility index (Phi) is 2.59. The largest absolute Gasteiger partial charge is 0.373 e. The van der Waals surface area contributed by atoms with Crippen LogP contribution in [-0.4, -0.2) is 28.8 Å². The Balaban J connectivity index is 2.15. The average Bonchev–Trinajstić information content (AvgIpc) is 2.72. The Labute approximate surface area is 106 Å².